The van der Waals surface area contributed by atoms with Crippen LogP contribution in [0.25, 0.3) is 0 Å². The third-order valence-electron chi connectivity index (χ3n) is 3.57. The first-order valence-electron chi connectivity index (χ1n) is 7.80. The van der Waals surface area contributed by atoms with Gasteiger partial charge in [0.15, 0.2) is 6.61 Å². The molecular formula is C19H20BrNO3. The molecule has 0 saturated heterocycles. The van der Waals surface area contributed by atoms with Gasteiger partial charge in [-0.2, -0.15) is 0 Å². The lowest BCUT2D eigenvalue weighted by atomic mass is 10.2. The number of carbonyl (C=O) groups excluding carboxylic acids is 2. The zero-order valence-electron chi connectivity index (χ0n) is 13.6. The van der Waals surface area contributed by atoms with E-state index in [0.717, 1.165) is 15.6 Å². The predicted octanol–water partition coefficient (Wildman–Crippen LogP) is 3.58. The fraction of sp³-hybridized carbons (Fsp3) is 0.263. The Morgan fingerprint density at radius 1 is 1.00 bits per heavy atom. The minimum atomic E-state index is -0.401. The minimum absolute atomic E-state index is 0.158. The van der Waals surface area contributed by atoms with Gasteiger partial charge in [0.25, 0.3) is 5.91 Å². The Morgan fingerprint density at radius 3 is 2.29 bits per heavy atom. The second kappa shape index (κ2) is 9.23. The number of rotatable bonds is 7. The van der Waals surface area contributed by atoms with Crippen molar-refractivity contribution in [3.8, 4) is 0 Å². The van der Waals surface area contributed by atoms with Crippen LogP contribution in [0.4, 0.5) is 0 Å². The van der Waals surface area contributed by atoms with Crippen LogP contribution in [0.3, 0.4) is 0 Å². The number of nitrogens with zero attached hydrogens (tertiary/aromatic N) is 1. The van der Waals surface area contributed by atoms with Crippen LogP contribution < -0.4 is 0 Å². The molecule has 0 bridgehead atoms. The molecule has 24 heavy (non-hydrogen) atoms. The summed E-state index contributed by atoms with van der Waals surface area (Å²) >= 11 is 3.35. The Balaban J connectivity index is 1.82. The van der Waals surface area contributed by atoms with E-state index in [4.69, 9.17) is 4.74 Å². The van der Waals surface area contributed by atoms with E-state index in [-0.39, 0.29) is 18.9 Å². The van der Waals surface area contributed by atoms with Gasteiger partial charge in [-0.1, -0.05) is 58.4 Å². The zero-order chi connectivity index (χ0) is 17.4. The molecule has 0 atom stereocenters. The molecule has 0 heterocycles. The van der Waals surface area contributed by atoms with Crippen molar-refractivity contribution in [3.05, 3.63) is 70.2 Å². The maximum absolute atomic E-state index is 12.2. The topological polar surface area (TPSA) is 46.6 Å². The summed E-state index contributed by atoms with van der Waals surface area (Å²) in [7, 11) is 0. The van der Waals surface area contributed by atoms with Crippen molar-refractivity contribution in [3.63, 3.8) is 0 Å². The lowest BCUT2D eigenvalue weighted by Crippen LogP contribution is -2.34. The maximum Gasteiger partial charge on any atom is 0.310 e. The van der Waals surface area contributed by atoms with Gasteiger partial charge in [0, 0.05) is 17.6 Å². The van der Waals surface area contributed by atoms with Gasteiger partial charge < -0.3 is 9.64 Å². The molecule has 0 N–H and O–H groups in total. The number of likely N-dealkylation sites (N-methyl/N-ethyl adjacent to an activating group) is 1. The number of benzene rings is 2. The van der Waals surface area contributed by atoms with Crippen LogP contribution in [0.2, 0.25) is 0 Å². The van der Waals surface area contributed by atoms with Gasteiger partial charge in [0.1, 0.15) is 0 Å². The summed E-state index contributed by atoms with van der Waals surface area (Å²) in [6.07, 6.45) is 0.158. The molecular weight excluding hydrogens is 370 g/mol. The van der Waals surface area contributed by atoms with E-state index in [9.17, 15) is 9.59 Å². The van der Waals surface area contributed by atoms with Crippen molar-refractivity contribution in [2.45, 2.75) is 19.9 Å². The van der Waals surface area contributed by atoms with Gasteiger partial charge in [-0.3, -0.25) is 9.59 Å². The van der Waals surface area contributed by atoms with E-state index in [1.165, 1.54) is 0 Å². The number of esters is 1. The monoisotopic (exact) mass is 389 g/mol. The first-order valence-corrected chi connectivity index (χ1v) is 8.59. The van der Waals surface area contributed by atoms with Crippen LogP contribution in [0.15, 0.2) is 59.1 Å². The van der Waals surface area contributed by atoms with Crippen LogP contribution in [0, 0.1) is 0 Å². The fourth-order valence-electron chi connectivity index (χ4n) is 2.23. The summed E-state index contributed by atoms with van der Waals surface area (Å²) in [4.78, 5) is 25.8. The van der Waals surface area contributed by atoms with Crippen LogP contribution in [0.5, 0.6) is 0 Å². The molecule has 0 spiro atoms. The molecule has 4 nitrogen and oxygen atoms in total. The highest BCUT2D eigenvalue weighted by molar-refractivity contribution is 9.10. The number of amides is 1. The molecule has 0 radical (unpaired) electrons. The highest BCUT2D eigenvalue weighted by Crippen LogP contribution is 2.11. The fourth-order valence-corrected chi connectivity index (χ4v) is 2.50. The quantitative estimate of drug-likeness (QED) is 0.679. The Labute approximate surface area is 150 Å². The van der Waals surface area contributed by atoms with E-state index < -0.39 is 5.97 Å². The second-order valence-electron chi connectivity index (χ2n) is 5.36. The van der Waals surface area contributed by atoms with Crippen molar-refractivity contribution >= 4 is 27.8 Å². The summed E-state index contributed by atoms with van der Waals surface area (Å²) in [5, 5.41) is 0. The molecule has 5 heteroatoms. The molecule has 0 aliphatic rings. The largest absolute Gasteiger partial charge is 0.455 e. The van der Waals surface area contributed by atoms with Crippen LogP contribution >= 0.6 is 15.9 Å². The van der Waals surface area contributed by atoms with E-state index in [1.807, 2.05) is 61.5 Å². The van der Waals surface area contributed by atoms with Gasteiger partial charge >= 0.3 is 5.97 Å². The molecule has 0 saturated carbocycles. The van der Waals surface area contributed by atoms with Gasteiger partial charge in [0.2, 0.25) is 0 Å². The second-order valence-corrected chi connectivity index (χ2v) is 6.27. The summed E-state index contributed by atoms with van der Waals surface area (Å²) in [6, 6.07) is 17.2. The van der Waals surface area contributed by atoms with Crippen LogP contribution in [0.1, 0.15) is 18.1 Å². The zero-order valence-corrected chi connectivity index (χ0v) is 15.2. The summed E-state index contributed by atoms with van der Waals surface area (Å²) in [5.74, 6) is -0.591. The molecule has 126 valence electrons. The number of ether oxygens (including phenoxy) is 1. The third-order valence-corrected chi connectivity index (χ3v) is 4.10. The third kappa shape index (κ3) is 5.81. The highest BCUT2D eigenvalue weighted by Gasteiger charge is 2.15. The smallest absolute Gasteiger partial charge is 0.310 e. The molecule has 2 rings (SSSR count). The molecule has 2 aromatic rings. The molecule has 0 aliphatic carbocycles. The Bertz CT molecular complexity index is 671. The van der Waals surface area contributed by atoms with Gasteiger partial charge in [-0.05, 0) is 30.2 Å². The average molecular weight is 390 g/mol. The van der Waals surface area contributed by atoms with Crippen molar-refractivity contribution in [2.24, 2.45) is 0 Å². The Hall–Kier alpha value is -2.14. The first-order chi connectivity index (χ1) is 11.6. The molecule has 2 aromatic carbocycles. The number of carbonyl (C=O) groups is 2. The highest BCUT2D eigenvalue weighted by atomic mass is 79.9. The van der Waals surface area contributed by atoms with Crippen molar-refractivity contribution in [1.29, 1.82) is 0 Å². The molecule has 0 unspecified atom stereocenters. The lowest BCUT2D eigenvalue weighted by molar-refractivity contribution is -0.151. The van der Waals surface area contributed by atoms with Gasteiger partial charge in [-0.25, -0.2) is 0 Å². The molecule has 0 fully saturated rings. The van der Waals surface area contributed by atoms with Crippen molar-refractivity contribution < 1.29 is 14.3 Å². The summed E-state index contributed by atoms with van der Waals surface area (Å²) < 4.78 is 6.07. The van der Waals surface area contributed by atoms with Crippen LogP contribution in [-0.2, 0) is 27.3 Å². The first kappa shape index (κ1) is 18.2. The lowest BCUT2D eigenvalue weighted by Gasteiger charge is -2.20. The van der Waals surface area contributed by atoms with Crippen molar-refractivity contribution in [1.82, 2.24) is 4.90 Å². The molecule has 0 aliphatic heterocycles. The minimum Gasteiger partial charge on any atom is -0.455 e. The SMILES string of the molecule is CCN(Cc1ccccc1)C(=O)COC(=O)Cc1ccc(Br)cc1. The Kier molecular flexibility index (Phi) is 7.00. The summed E-state index contributed by atoms with van der Waals surface area (Å²) in [6.45, 7) is 2.76. The van der Waals surface area contributed by atoms with E-state index in [0.29, 0.717) is 13.1 Å². The summed E-state index contributed by atoms with van der Waals surface area (Å²) in [5.41, 5.74) is 1.90. The van der Waals surface area contributed by atoms with E-state index in [2.05, 4.69) is 15.9 Å². The van der Waals surface area contributed by atoms with Crippen molar-refractivity contribution in [2.75, 3.05) is 13.2 Å². The molecule has 0 aromatic heterocycles. The standard InChI is InChI=1S/C19H20BrNO3/c1-2-21(13-16-6-4-3-5-7-16)18(22)14-24-19(23)12-15-8-10-17(20)11-9-15/h3-11H,2,12-14H2,1H3. The van der Waals surface area contributed by atoms with Gasteiger partial charge in [-0.15, -0.1) is 0 Å². The van der Waals surface area contributed by atoms with E-state index >= 15 is 0 Å². The average Bonchev–Trinajstić information content (AvgIpc) is 2.60. The normalized spacial score (nSPS) is 10.2. The predicted molar refractivity (Wildman–Crippen MR) is 96.3 cm³/mol. The Morgan fingerprint density at radius 2 is 1.67 bits per heavy atom. The van der Waals surface area contributed by atoms with Crippen LogP contribution in [-0.4, -0.2) is 29.9 Å². The molecule has 1 amide bonds. The number of halogens is 1. The number of hydrogen-bond acceptors (Lipinski definition) is 3. The van der Waals surface area contributed by atoms with E-state index in [1.54, 1.807) is 4.90 Å². The van der Waals surface area contributed by atoms with Gasteiger partial charge in [0.05, 0.1) is 6.42 Å². The maximum atomic E-state index is 12.2. The number of hydrogen-bond donors (Lipinski definition) is 0.